The van der Waals surface area contributed by atoms with E-state index in [-0.39, 0.29) is 0 Å². The molecule has 1 unspecified atom stereocenters. The van der Waals surface area contributed by atoms with Gasteiger partial charge < -0.3 is 5.32 Å². The molecule has 3 rings (SSSR count). The zero-order chi connectivity index (χ0) is 14.7. The van der Waals surface area contributed by atoms with Gasteiger partial charge in [-0.25, -0.2) is 0 Å². The molecule has 1 N–H and O–H groups in total. The van der Waals surface area contributed by atoms with Crippen LogP contribution in [0.3, 0.4) is 0 Å². The first kappa shape index (κ1) is 15.1. The van der Waals surface area contributed by atoms with Crippen molar-refractivity contribution in [1.29, 1.82) is 0 Å². The van der Waals surface area contributed by atoms with E-state index in [9.17, 15) is 0 Å². The second kappa shape index (κ2) is 6.52. The molecule has 0 bridgehead atoms. The fourth-order valence-corrected chi connectivity index (χ4v) is 4.48. The van der Waals surface area contributed by atoms with Crippen molar-refractivity contribution in [1.82, 2.24) is 5.32 Å². The summed E-state index contributed by atoms with van der Waals surface area (Å²) in [7, 11) is 0. The molecule has 1 atom stereocenters. The van der Waals surface area contributed by atoms with Crippen molar-refractivity contribution >= 4 is 0 Å². The predicted octanol–water partition coefficient (Wildman–Crippen LogP) is 4.91. The van der Waals surface area contributed by atoms with Crippen LogP contribution in [0.25, 0.3) is 0 Å². The molecule has 1 aromatic rings. The molecule has 0 amide bonds. The second-order valence-electron chi connectivity index (χ2n) is 8.05. The van der Waals surface area contributed by atoms with Crippen LogP contribution in [-0.4, -0.2) is 13.1 Å². The summed E-state index contributed by atoms with van der Waals surface area (Å²) in [5.41, 5.74) is 3.85. The Hall–Kier alpha value is -0.820. The smallest absolute Gasteiger partial charge is 0.00462 e. The maximum absolute atomic E-state index is 3.49. The highest BCUT2D eigenvalue weighted by atomic mass is 14.9. The van der Waals surface area contributed by atoms with Gasteiger partial charge in [0.25, 0.3) is 0 Å². The average molecular weight is 285 g/mol. The van der Waals surface area contributed by atoms with Crippen LogP contribution in [-0.2, 0) is 6.42 Å². The van der Waals surface area contributed by atoms with Crippen molar-refractivity contribution in [2.24, 2.45) is 11.3 Å². The van der Waals surface area contributed by atoms with E-state index in [0.717, 1.165) is 11.8 Å². The standard InChI is InChI=1S/C20H31N/c1-20(2)11-5-7-18(15-20)19-8-4-3-6-17(19)14-16-9-12-21-13-10-16/h3-4,6,8,16,18,21H,5,7,9-15H2,1-2H3. The Bertz CT molecular complexity index is 457. The number of piperidine rings is 1. The number of hydrogen-bond acceptors (Lipinski definition) is 1. The van der Waals surface area contributed by atoms with Gasteiger partial charge in [-0.05, 0) is 80.0 Å². The zero-order valence-electron chi connectivity index (χ0n) is 13.8. The van der Waals surface area contributed by atoms with Crippen molar-refractivity contribution in [3.63, 3.8) is 0 Å². The molecule has 1 heteroatoms. The van der Waals surface area contributed by atoms with E-state index in [1.807, 2.05) is 0 Å². The number of nitrogens with one attached hydrogen (secondary N) is 1. The summed E-state index contributed by atoms with van der Waals surface area (Å²) in [6, 6.07) is 9.32. The predicted molar refractivity (Wildman–Crippen MR) is 90.7 cm³/mol. The van der Waals surface area contributed by atoms with Gasteiger partial charge in [-0.2, -0.15) is 0 Å². The Balaban J connectivity index is 1.75. The Kier molecular flexibility index (Phi) is 4.69. The van der Waals surface area contributed by atoms with E-state index in [0.29, 0.717) is 5.41 Å². The summed E-state index contributed by atoms with van der Waals surface area (Å²) >= 11 is 0. The first-order chi connectivity index (χ1) is 10.1. The van der Waals surface area contributed by atoms with Crippen molar-refractivity contribution in [3.05, 3.63) is 35.4 Å². The zero-order valence-corrected chi connectivity index (χ0v) is 13.8. The summed E-state index contributed by atoms with van der Waals surface area (Å²) in [6.45, 7) is 7.33. The molecule has 0 aromatic heterocycles. The van der Waals surface area contributed by atoms with Gasteiger partial charge in [0.2, 0.25) is 0 Å². The highest BCUT2D eigenvalue weighted by Crippen LogP contribution is 2.44. The van der Waals surface area contributed by atoms with E-state index in [1.165, 1.54) is 58.0 Å². The highest BCUT2D eigenvalue weighted by molar-refractivity contribution is 5.31. The van der Waals surface area contributed by atoms with Crippen LogP contribution >= 0.6 is 0 Å². The fourth-order valence-electron chi connectivity index (χ4n) is 4.48. The van der Waals surface area contributed by atoms with Gasteiger partial charge in [0.05, 0.1) is 0 Å². The van der Waals surface area contributed by atoms with Gasteiger partial charge >= 0.3 is 0 Å². The van der Waals surface area contributed by atoms with Gasteiger partial charge in [0, 0.05) is 0 Å². The molecular formula is C20H31N. The van der Waals surface area contributed by atoms with E-state index in [2.05, 4.69) is 43.4 Å². The quantitative estimate of drug-likeness (QED) is 0.832. The van der Waals surface area contributed by atoms with E-state index in [4.69, 9.17) is 0 Å². The monoisotopic (exact) mass is 285 g/mol. The van der Waals surface area contributed by atoms with Crippen LogP contribution in [0.1, 0.15) is 69.4 Å². The lowest BCUT2D eigenvalue weighted by Crippen LogP contribution is -2.29. The summed E-state index contributed by atoms with van der Waals surface area (Å²) in [5, 5.41) is 3.49. The van der Waals surface area contributed by atoms with Crippen molar-refractivity contribution in [2.45, 2.75) is 64.7 Å². The van der Waals surface area contributed by atoms with Crippen LogP contribution in [0, 0.1) is 11.3 Å². The molecule has 21 heavy (non-hydrogen) atoms. The molecule has 1 saturated carbocycles. The molecule has 0 radical (unpaired) electrons. The van der Waals surface area contributed by atoms with Gasteiger partial charge in [-0.1, -0.05) is 44.5 Å². The van der Waals surface area contributed by atoms with Crippen molar-refractivity contribution < 1.29 is 0 Å². The fraction of sp³-hybridized carbons (Fsp3) is 0.700. The lowest BCUT2D eigenvalue weighted by molar-refractivity contribution is 0.218. The molecule has 1 aliphatic carbocycles. The summed E-state index contributed by atoms with van der Waals surface area (Å²) in [6.07, 6.45) is 9.58. The minimum Gasteiger partial charge on any atom is -0.317 e. The molecule has 1 heterocycles. The SMILES string of the molecule is CC1(C)CCCC(c2ccccc2CC2CCNCC2)C1. The lowest BCUT2D eigenvalue weighted by Gasteiger charge is -2.36. The minimum atomic E-state index is 0.533. The molecule has 1 aliphatic heterocycles. The van der Waals surface area contributed by atoms with E-state index in [1.54, 1.807) is 11.1 Å². The van der Waals surface area contributed by atoms with Crippen LogP contribution < -0.4 is 5.32 Å². The Morgan fingerprint density at radius 3 is 2.62 bits per heavy atom. The Morgan fingerprint density at radius 1 is 1.10 bits per heavy atom. The van der Waals surface area contributed by atoms with Crippen LogP contribution in [0.15, 0.2) is 24.3 Å². The van der Waals surface area contributed by atoms with Gasteiger partial charge in [-0.15, -0.1) is 0 Å². The number of rotatable bonds is 3. The first-order valence-corrected chi connectivity index (χ1v) is 8.93. The first-order valence-electron chi connectivity index (χ1n) is 8.93. The minimum absolute atomic E-state index is 0.533. The van der Waals surface area contributed by atoms with Gasteiger partial charge in [-0.3, -0.25) is 0 Å². The third-order valence-corrected chi connectivity index (χ3v) is 5.67. The van der Waals surface area contributed by atoms with E-state index >= 15 is 0 Å². The summed E-state index contributed by atoms with van der Waals surface area (Å²) in [4.78, 5) is 0. The maximum Gasteiger partial charge on any atom is -0.00462 e. The Labute approximate surface area is 130 Å². The molecule has 116 valence electrons. The van der Waals surface area contributed by atoms with Crippen LogP contribution in [0.2, 0.25) is 0 Å². The maximum atomic E-state index is 3.49. The van der Waals surface area contributed by atoms with Gasteiger partial charge in [0.15, 0.2) is 0 Å². The summed E-state index contributed by atoms with van der Waals surface area (Å²) in [5.74, 6) is 1.69. The van der Waals surface area contributed by atoms with E-state index < -0.39 is 0 Å². The highest BCUT2D eigenvalue weighted by Gasteiger charge is 2.30. The number of benzene rings is 1. The van der Waals surface area contributed by atoms with Crippen LogP contribution in [0.4, 0.5) is 0 Å². The molecule has 1 nitrogen and oxygen atoms in total. The second-order valence-corrected chi connectivity index (χ2v) is 8.05. The summed E-state index contributed by atoms with van der Waals surface area (Å²) < 4.78 is 0. The molecule has 0 spiro atoms. The largest absolute Gasteiger partial charge is 0.317 e. The third-order valence-electron chi connectivity index (χ3n) is 5.67. The molecule has 2 fully saturated rings. The van der Waals surface area contributed by atoms with Crippen LogP contribution in [0.5, 0.6) is 0 Å². The average Bonchev–Trinajstić information content (AvgIpc) is 2.48. The molecule has 1 aromatic carbocycles. The topological polar surface area (TPSA) is 12.0 Å². The number of hydrogen-bond donors (Lipinski definition) is 1. The normalized spacial score (nSPS) is 26.7. The molecule has 2 aliphatic rings. The van der Waals surface area contributed by atoms with Gasteiger partial charge in [0.1, 0.15) is 0 Å². The lowest BCUT2D eigenvalue weighted by atomic mass is 9.69. The third kappa shape index (κ3) is 3.88. The van der Waals surface area contributed by atoms with Crippen molar-refractivity contribution in [2.75, 3.05) is 13.1 Å². The Morgan fingerprint density at radius 2 is 1.86 bits per heavy atom. The molecular weight excluding hydrogens is 254 g/mol. The molecule has 1 saturated heterocycles. The van der Waals surface area contributed by atoms with Crippen molar-refractivity contribution in [3.8, 4) is 0 Å².